The van der Waals surface area contributed by atoms with Crippen LogP contribution in [0.1, 0.15) is 19.8 Å². The minimum atomic E-state index is 0.330. The number of halogens is 1. The van der Waals surface area contributed by atoms with Gasteiger partial charge in [0.05, 0.1) is 35.4 Å². The third kappa shape index (κ3) is 4.72. The summed E-state index contributed by atoms with van der Waals surface area (Å²) >= 11 is 5.98. The Morgan fingerprint density at radius 3 is 2.80 bits per heavy atom. The molecular weight excluding hydrogens is 394 g/mol. The molecule has 4 rings (SSSR count). The van der Waals surface area contributed by atoms with E-state index in [0.717, 1.165) is 60.1 Å². The summed E-state index contributed by atoms with van der Waals surface area (Å²) in [5.41, 5.74) is 6.19. The number of hydrogen-bond acceptors (Lipinski definition) is 4. The molecule has 0 N–H and O–H groups in total. The highest BCUT2D eigenvalue weighted by molar-refractivity contribution is 6.30. The van der Waals surface area contributed by atoms with Crippen molar-refractivity contribution in [3.8, 4) is 0 Å². The van der Waals surface area contributed by atoms with Gasteiger partial charge in [0.2, 0.25) is 0 Å². The van der Waals surface area contributed by atoms with Crippen LogP contribution in [0.15, 0.2) is 93.6 Å². The number of nitrogens with zero attached hydrogens (tertiary/aromatic N) is 3. The lowest BCUT2D eigenvalue weighted by molar-refractivity contribution is 0.0871. The molecule has 1 aromatic rings. The van der Waals surface area contributed by atoms with E-state index < -0.39 is 0 Å². The third-order valence-corrected chi connectivity index (χ3v) is 5.50. The van der Waals surface area contributed by atoms with Crippen LogP contribution in [0.25, 0.3) is 0 Å². The SMILES string of the molecule is C=C(Cl)/C=C\C(=C/C)N1CC2=CC(=NC3CCOCC3)C=CC2=Nc2ccccc21. The van der Waals surface area contributed by atoms with Crippen LogP contribution in [0.4, 0.5) is 11.4 Å². The average molecular weight is 420 g/mol. The molecule has 0 radical (unpaired) electrons. The molecule has 4 nitrogen and oxygen atoms in total. The van der Waals surface area contributed by atoms with Gasteiger partial charge in [0.15, 0.2) is 0 Å². The number of ether oxygens (including phenoxy) is 1. The van der Waals surface area contributed by atoms with E-state index in [4.69, 9.17) is 26.3 Å². The van der Waals surface area contributed by atoms with Gasteiger partial charge >= 0.3 is 0 Å². The van der Waals surface area contributed by atoms with Crippen LogP contribution < -0.4 is 4.90 Å². The lowest BCUT2D eigenvalue weighted by atomic mass is 10.0. The molecule has 1 saturated heterocycles. The first-order valence-corrected chi connectivity index (χ1v) is 10.7. The Hall–Kier alpha value is -2.69. The van der Waals surface area contributed by atoms with Crippen molar-refractivity contribution in [1.82, 2.24) is 0 Å². The van der Waals surface area contributed by atoms with E-state index in [-0.39, 0.29) is 0 Å². The molecule has 1 aliphatic carbocycles. The number of fused-ring (bicyclic) bond motifs is 2. The van der Waals surface area contributed by atoms with Gasteiger partial charge in [-0.25, -0.2) is 4.99 Å². The molecule has 154 valence electrons. The number of aliphatic imine (C=N–C) groups is 2. The molecule has 0 bridgehead atoms. The van der Waals surface area contributed by atoms with E-state index in [9.17, 15) is 0 Å². The number of benzene rings is 1. The highest BCUT2D eigenvalue weighted by atomic mass is 35.5. The van der Waals surface area contributed by atoms with E-state index in [1.165, 1.54) is 0 Å². The van der Waals surface area contributed by atoms with Gasteiger partial charge in [-0.2, -0.15) is 0 Å². The van der Waals surface area contributed by atoms with Crippen molar-refractivity contribution in [3.05, 3.63) is 83.6 Å². The van der Waals surface area contributed by atoms with Gasteiger partial charge in [0, 0.05) is 23.9 Å². The van der Waals surface area contributed by atoms with Crippen molar-refractivity contribution in [3.63, 3.8) is 0 Å². The van der Waals surface area contributed by atoms with Crippen molar-refractivity contribution in [2.75, 3.05) is 24.7 Å². The average Bonchev–Trinajstić information content (AvgIpc) is 2.91. The lowest BCUT2D eigenvalue weighted by Gasteiger charge is -2.27. The molecule has 0 saturated carbocycles. The summed E-state index contributed by atoms with van der Waals surface area (Å²) in [5, 5.41) is 0.500. The highest BCUT2D eigenvalue weighted by Crippen LogP contribution is 2.36. The molecular formula is C25H26ClN3O. The van der Waals surface area contributed by atoms with E-state index in [1.807, 2.05) is 31.2 Å². The van der Waals surface area contributed by atoms with E-state index >= 15 is 0 Å². The van der Waals surface area contributed by atoms with Crippen LogP contribution in [0.3, 0.4) is 0 Å². The van der Waals surface area contributed by atoms with Crippen LogP contribution in [-0.4, -0.2) is 37.2 Å². The first-order chi connectivity index (χ1) is 14.6. The number of allylic oxidation sites excluding steroid dienone is 7. The minimum Gasteiger partial charge on any atom is -0.381 e. The van der Waals surface area contributed by atoms with Gasteiger partial charge in [0.1, 0.15) is 0 Å². The van der Waals surface area contributed by atoms with Crippen LogP contribution in [0.5, 0.6) is 0 Å². The monoisotopic (exact) mass is 419 g/mol. The fraction of sp³-hybridized carbons (Fsp3) is 0.280. The summed E-state index contributed by atoms with van der Waals surface area (Å²) in [6.07, 6.45) is 14.2. The first-order valence-electron chi connectivity index (χ1n) is 10.3. The summed E-state index contributed by atoms with van der Waals surface area (Å²) in [7, 11) is 0. The van der Waals surface area contributed by atoms with Crippen LogP contribution in [0, 0.1) is 0 Å². The molecule has 3 aliphatic rings. The number of rotatable bonds is 4. The molecule has 0 atom stereocenters. The van der Waals surface area contributed by atoms with Gasteiger partial charge in [-0.05, 0) is 67.9 Å². The highest BCUT2D eigenvalue weighted by Gasteiger charge is 2.23. The maximum atomic E-state index is 5.98. The van der Waals surface area contributed by atoms with Crippen LogP contribution in [-0.2, 0) is 4.74 Å². The maximum Gasteiger partial charge on any atom is 0.0874 e. The smallest absolute Gasteiger partial charge is 0.0874 e. The molecule has 0 amide bonds. The quantitative estimate of drug-likeness (QED) is 0.449. The Morgan fingerprint density at radius 1 is 1.23 bits per heavy atom. The second-order valence-electron chi connectivity index (χ2n) is 7.47. The van der Waals surface area contributed by atoms with Crippen LogP contribution in [0.2, 0.25) is 0 Å². The van der Waals surface area contributed by atoms with E-state index in [1.54, 1.807) is 0 Å². The molecule has 1 fully saturated rings. The molecule has 5 heteroatoms. The third-order valence-electron chi connectivity index (χ3n) is 5.37. The normalized spacial score (nSPS) is 21.2. The standard InChI is InChI=1S/C25H26ClN3O/c1-3-22(10-8-18(2)26)29-17-19-16-21(27-20-12-14-30-15-13-20)9-11-23(19)28-24-6-4-5-7-25(24)29/h3-11,16,20H,2,12-15,17H2,1H3/b10-8-,22-3+,27-21?. The molecule has 2 heterocycles. The molecule has 0 spiro atoms. The van der Waals surface area contributed by atoms with Gasteiger partial charge in [0.25, 0.3) is 0 Å². The number of hydrogen-bond donors (Lipinski definition) is 0. The Balaban J connectivity index is 1.71. The van der Waals surface area contributed by atoms with Gasteiger partial charge in [-0.3, -0.25) is 4.99 Å². The Bertz CT molecular complexity index is 1010. The summed E-state index contributed by atoms with van der Waals surface area (Å²) < 4.78 is 5.46. The van der Waals surface area contributed by atoms with Crippen molar-refractivity contribution < 1.29 is 4.74 Å². The topological polar surface area (TPSA) is 37.2 Å². The fourth-order valence-corrected chi connectivity index (χ4v) is 3.90. The van der Waals surface area contributed by atoms with Gasteiger partial charge < -0.3 is 9.64 Å². The zero-order valence-electron chi connectivity index (χ0n) is 17.2. The van der Waals surface area contributed by atoms with Crippen LogP contribution >= 0.6 is 11.6 Å². The molecule has 0 unspecified atom stereocenters. The van der Waals surface area contributed by atoms with Gasteiger partial charge in [-0.1, -0.05) is 36.4 Å². The molecule has 2 aliphatic heterocycles. The van der Waals surface area contributed by atoms with Crippen molar-refractivity contribution in [1.29, 1.82) is 0 Å². The second kappa shape index (κ2) is 9.41. The Labute approximate surface area is 183 Å². The maximum absolute atomic E-state index is 5.98. The first kappa shape index (κ1) is 20.6. The Kier molecular flexibility index (Phi) is 6.46. The molecule has 1 aromatic carbocycles. The number of para-hydroxylation sites is 2. The second-order valence-corrected chi connectivity index (χ2v) is 7.95. The minimum absolute atomic E-state index is 0.330. The zero-order valence-corrected chi connectivity index (χ0v) is 18.0. The number of anilines is 1. The Morgan fingerprint density at radius 2 is 2.03 bits per heavy atom. The van der Waals surface area contributed by atoms with Gasteiger partial charge in [-0.15, -0.1) is 0 Å². The summed E-state index contributed by atoms with van der Waals surface area (Å²) in [5.74, 6) is 0. The largest absolute Gasteiger partial charge is 0.381 e. The lowest BCUT2D eigenvalue weighted by Crippen LogP contribution is -2.27. The predicted molar refractivity (Wildman–Crippen MR) is 127 cm³/mol. The molecule has 30 heavy (non-hydrogen) atoms. The van der Waals surface area contributed by atoms with E-state index in [0.29, 0.717) is 17.6 Å². The summed E-state index contributed by atoms with van der Waals surface area (Å²) in [4.78, 5) is 12.2. The molecule has 0 aromatic heterocycles. The fourth-order valence-electron chi connectivity index (χ4n) is 3.83. The van der Waals surface area contributed by atoms with Crippen molar-refractivity contribution in [2.45, 2.75) is 25.8 Å². The van der Waals surface area contributed by atoms with Crippen molar-refractivity contribution in [2.24, 2.45) is 9.98 Å². The zero-order chi connectivity index (χ0) is 20.9. The summed E-state index contributed by atoms with van der Waals surface area (Å²) in [6.45, 7) is 8.08. The van der Waals surface area contributed by atoms with E-state index in [2.05, 4.69) is 47.9 Å². The summed E-state index contributed by atoms with van der Waals surface area (Å²) in [6, 6.07) is 8.55. The van der Waals surface area contributed by atoms with Crippen molar-refractivity contribution >= 4 is 34.4 Å². The predicted octanol–water partition coefficient (Wildman–Crippen LogP) is 5.91.